The molecule has 0 amide bonds. The van der Waals surface area contributed by atoms with E-state index in [0.29, 0.717) is 5.92 Å². The van der Waals surface area contributed by atoms with E-state index in [9.17, 15) is 0 Å². The average molecular weight is 186 g/mol. The van der Waals surface area contributed by atoms with Crippen LogP contribution in [0.4, 0.5) is 0 Å². The van der Waals surface area contributed by atoms with Crippen LogP contribution in [0.2, 0.25) is 0 Å². The standard InChI is InChI=1S/C14H18/c1-10(2)13(5)9-14-8-11(3)6-7-12(14)4/h6-10H,4-5H2,1-3H3/b14-9-. The van der Waals surface area contributed by atoms with Crippen molar-refractivity contribution in [1.29, 1.82) is 0 Å². The number of hydrogen-bond donors (Lipinski definition) is 0. The lowest BCUT2D eigenvalue weighted by molar-refractivity contribution is 0.805. The minimum Gasteiger partial charge on any atom is -0.0955 e. The molecule has 1 aromatic rings. The lowest BCUT2D eigenvalue weighted by atomic mass is 10.0. The van der Waals surface area contributed by atoms with Gasteiger partial charge in [0.25, 0.3) is 0 Å². The molecule has 0 saturated heterocycles. The zero-order valence-corrected chi connectivity index (χ0v) is 9.30. The molecule has 0 aliphatic rings. The molecule has 0 aliphatic carbocycles. The van der Waals surface area contributed by atoms with Gasteiger partial charge in [-0.2, -0.15) is 0 Å². The Labute approximate surface area is 86.3 Å². The van der Waals surface area contributed by atoms with Crippen LogP contribution >= 0.6 is 0 Å². The highest BCUT2D eigenvalue weighted by atomic mass is 14.0. The summed E-state index contributed by atoms with van der Waals surface area (Å²) in [6.07, 6.45) is 2.12. The summed E-state index contributed by atoms with van der Waals surface area (Å²) in [7, 11) is 0. The van der Waals surface area contributed by atoms with Crippen molar-refractivity contribution >= 4 is 12.7 Å². The fourth-order valence-electron chi connectivity index (χ4n) is 1.22. The minimum absolute atomic E-state index is 0.495. The first-order chi connectivity index (χ1) is 6.50. The van der Waals surface area contributed by atoms with E-state index in [-0.39, 0.29) is 0 Å². The summed E-state index contributed by atoms with van der Waals surface area (Å²) in [6.45, 7) is 14.4. The van der Waals surface area contributed by atoms with Crippen LogP contribution in [-0.4, -0.2) is 0 Å². The van der Waals surface area contributed by atoms with Crippen LogP contribution in [-0.2, 0) is 0 Å². The molecule has 0 heterocycles. The third-order valence-corrected chi connectivity index (χ3v) is 2.38. The van der Waals surface area contributed by atoms with Gasteiger partial charge in [0.1, 0.15) is 0 Å². The Balaban J connectivity index is 3.25. The van der Waals surface area contributed by atoms with Crippen LogP contribution in [0, 0.1) is 12.8 Å². The Bertz CT molecular complexity index is 436. The van der Waals surface area contributed by atoms with Crippen LogP contribution in [0.15, 0.2) is 30.4 Å². The third kappa shape index (κ3) is 2.59. The molecule has 0 bridgehead atoms. The number of rotatable bonds is 2. The maximum absolute atomic E-state index is 4.04. The lowest BCUT2D eigenvalue weighted by Gasteiger charge is -2.03. The molecule has 1 aromatic carbocycles. The van der Waals surface area contributed by atoms with Gasteiger partial charge in [0.2, 0.25) is 0 Å². The van der Waals surface area contributed by atoms with Gasteiger partial charge in [0.05, 0.1) is 0 Å². The predicted octanol–water partition coefficient (Wildman–Crippen LogP) is 2.40. The van der Waals surface area contributed by atoms with Gasteiger partial charge in [-0.25, -0.2) is 0 Å². The SMILES string of the molecule is C=C(/C=c1/cc(C)ccc1=C)C(C)C. The molecule has 1 rings (SSSR count). The molecule has 14 heavy (non-hydrogen) atoms. The van der Waals surface area contributed by atoms with Gasteiger partial charge in [0.15, 0.2) is 0 Å². The fourth-order valence-corrected chi connectivity index (χ4v) is 1.22. The second kappa shape index (κ2) is 4.28. The van der Waals surface area contributed by atoms with E-state index in [1.54, 1.807) is 0 Å². The molecule has 0 spiro atoms. The largest absolute Gasteiger partial charge is 0.0955 e. The summed E-state index contributed by atoms with van der Waals surface area (Å²) in [5.41, 5.74) is 2.42. The van der Waals surface area contributed by atoms with Gasteiger partial charge in [-0.15, -0.1) is 0 Å². The van der Waals surface area contributed by atoms with Gasteiger partial charge < -0.3 is 0 Å². The zero-order valence-electron chi connectivity index (χ0n) is 9.30. The number of benzene rings is 1. The first kappa shape index (κ1) is 10.8. The quantitative estimate of drug-likeness (QED) is 0.665. The molecule has 74 valence electrons. The monoisotopic (exact) mass is 186 g/mol. The van der Waals surface area contributed by atoms with Gasteiger partial charge in [-0.3, -0.25) is 0 Å². The van der Waals surface area contributed by atoms with Crippen molar-refractivity contribution in [3.8, 4) is 0 Å². The maximum atomic E-state index is 4.04. The molecular formula is C14H18. The van der Waals surface area contributed by atoms with Crippen molar-refractivity contribution < 1.29 is 0 Å². The Morgan fingerprint density at radius 3 is 2.57 bits per heavy atom. The Kier molecular flexibility index (Phi) is 3.29. The molecule has 0 aromatic heterocycles. The van der Waals surface area contributed by atoms with Crippen LogP contribution < -0.4 is 10.4 Å². The summed E-state index contributed by atoms with van der Waals surface area (Å²) in [4.78, 5) is 0. The summed E-state index contributed by atoms with van der Waals surface area (Å²) < 4.78 is 0. The number of hydrogen-bond acceptors (Lipinski definition) is 0. The molecular weight excluding hydrogens is 168 g/mol. The summed E-state index contributed by atoms with van der Waals surface area (Å²) in [5, 5.41) is 2.25. The highest BCUT2D eigenvalue weighted by Crippen LogP contribution is 2.06. The van der Waals surface area contributed by atoms with E-state index >= 15 is 0 Å². The normalized spacial score (nSPS) is 12.1. The molecule has 0 fully saturated rings. The predicted molar refractivity (Wildman–Crippen MR) is 64.4 cm³/mol. The van der Waals surface area contributed by atoms with Crippen LogP contribution in [0.3, 0.4) is 0 Å². The number of allylic oxidation sites excluding steroid dienone is 1. The molecule has 0 nitrogen and oxygen atoms in total. The summed E-state index contributed by atoms with van der Waals surface area (Å²) in [6, 6.07) is 6.28. The van der Waals surface area contributed by atoms with E-state index in [0.717, 1.165) is 10.8 Å². The van der Waals surface area contributed by atoms with E-state index in [1.807, 2.05) is 0 Å². The molecule has 0 radical (unpaired) electrons. The fraction of sp³-hybridized carbons (Fsp3) is 0.286. The van der Waals surface area contributed by atoms with Crippen molar-refractivity contribution in [2.24, 2.45) is 5.92 Å². The van der Waals surface area contributed by atoms with E-state index < -0.39 is 0 Å². The first-order valence-corrected chi connectivity index (χ1v) is 4.97. The van der Waals surface area contributed by atoms with Gasteiger partial charge in [-0.05, 0) is 23.3 Å². The van der Waals surface area contributed by atoms with E-state index in [2.05, 4.69) is 58.2 Å². The van der Waals surface area contributed by atoms with Crippen molar-refractivity contribution in [2.75, 3.05) is 0 Å². The number of aryl methyl sites for hydroxylation is 1. The molecule has 0 N–H and O–H groups in total. The van der Waals surface area contributed by atoms with E-state index in [1.165, 1.54) is 10.8 Å². The molecule has 0 saturated carbocycles. The summed E-state index contributed by atoms with van der Waals surface area (Å²) >= 11 is 0. The Morgan fingerprint density at radius 2 is 2.00 bits per heavy atom. The van der Waals surface area contributed by atoms with Crippen LogP contribution in [0.1, 0.15) is 19.4 Å². The maximum Gasteiger partial charge on any atom is -0.0185 e. The zero-order chi connectivity index (χ0) is 10.7. The molecule has 0 atom stereocenters. The van der Waals surface area contributed by atoms with Crippen molar-refractivity contribution in [1.82, 2.24) is 0 Å². The third-order valence-electron chi connectivity index (χ3n) is 2.38. The highest BCUT2D eigenvalue weighted by Gasteiger charge is 1.95. The smallest absolute Gasteiger partial charge is 0.0185 e. The van der Waals surface area contributed by atoms with Crippen molar-refractivity contribution in [3.05, 3.63) is 46.4 Å². The molecule has 0 unspecified atom stereocenters. The summed E-state index contributed by atoms with van der Waals surface area (Å²) in [5.74, 6) is 0.495. The van der Waals surface area contributed by atoms with Crippen LogP contribution in [0.5, 0.6) is 0 Å². The van der Waals surface area contributed by atoms with Crippen molar-refractivity contribution in [3.63, 3.8) is 0 Å². The second-order valence-corrected chi connectivity index (χ2v) is 4.08. The van der Waals surface area contributed by atoms with Gasteiger partial charge in [0, 0.05) is 0 Å². The van der Waals surface area contributed by atoms with E-state index in [4.69, 9.17) is 0 Å². The lowest BCUT2D eigenvalue weighted by Crippen LogP contribution is -2.23. The average Bonchev–Trinajstić information content (AvgIpc) is 2.11. The highest BCUT2D eigenvalue weighted by molar-refractivity contribution is 5.46. The Hall–Kier alpha value is -1.30. The molecule has 0 aliphatic heterocycles. The van der Waals surface area contributed by atoms with Gasteiger partial charge in [-0.1, -0.05) is 62.4 Å². The second-order valence-electron chi connectivity index (χ2n) is 4.08. The molecule has 0 heteroatoms. The minimum atomic E-state index is 0.495. The Morgan fingerprint density at radius 1 is 1.36 bits per heavy atom. The first-order valence-electron chi connectivity index (χ1n) is 4.97. The van der Waals surface area contributed by atoms with Crippen LogP contribution in [0.25, 0.3) is 12.7 Å². The topological polar surface area (TPSA) is 0 Å². The van der Waals surface area contributed by atoms with Crippen molar-refractivity contribution in [2.45, 2.75) is 20.8 Å². The van der Waals surface area contributed by atoms with Gasteiger partial charge >= 0.3 is 0 Å².